The van der Waals surface area contributed by atoms with Gasteiger partial charge in [-0.25, -0.2) is 0 Å². The molecule has 1 amide bonds. The number of nitrogens with zero attached hydrogens (tertiary/aromatic N) is 1. The summed E-state index contributed by atoms with van der Waals surface area (Å²) in [5, 5.41) is 9.47. The Morgan fingerprint density at radius 3 is 2.50 bits per heavy atom. The van der Waals surface area contributed by atoms with Gasteiger partial charge in [0.05, 0.1) is 13.2 Å². The van der Waals surface area contributed by atoms with Gasteiger partial charge in [0.25, 0.3) is 0 Å². The molecule has 0 spiro atoms. The third kappa shape index (κ3) is 7.58. The number of guanidine groups is 1. The number of aliphatic imine (C=N–C) groups is 1. The van der Waals surface area contributed by atoms with Crippen LogP contribution >= 0.6 is 24.0 Å². The summed E-state index contributed by atoms with van der Waals surface area (Å²) in [6.07, 6.45) is 4.86. The number of carbonyl (C=O) groups excluding carboxylic acids is 1. The number of ether oxygens (including phenoxy) is 2. The number of nitrogens with one attached hydrogen (secondary N) is 3. The molecular weight excluding hydrogens is 519 g/mol. The van der Waals surface area contributed by atoms with E-state index >= 15 is 0 Å². The molecule has 32 heavy (non-hydrogen) atoms. The number of amides is 1. The lowest BCUT2D eigenvalue weighted by Crippen LogP contribution is -2.36. The van der Waals surface area contributed by atoms with Crippen LogP contribution in [0.3, 0.4) is 0 Å². The zero-order chi connectivity index (χ0) is 22.1. The molecule has 2 aromatic rings. The molecule has 0 heterocycles. The smallest absolute Gasteiger partial charge is 0.221 e. The highest BCUT2D eigenvalue weighted by Gasteiger charge is 2.20. The topological polar surface area (TPSA) is 84.0 Å². The molecule has 0 radical (unpaired) electrons. The average Bonchev–Trinajstić information content (AvgIpc) is 3.27. The van der Waals surface area contributed by atoms with Gasteiger partial charge in [0.1, 0.15) is 0 Å². The summed E-state index contributed by atoms with van der Waals surface area (Å²) >= 11 is 0. The monoisotopic (exact) mass is 552 g/mol. The van der Waals surface area contributed by atoms with Gasteiger partial charge in [0.15, 0.2) is 17.5 Å². The van der Waals surface area contributed by atoms with Gasteiger partial charge in [-0.05, 0) is 49.4 Å². The van der Waals surface area contributed by atoms with E-state index in [-0.39, 0.29) is 36.0 Å². The number of para-hydroxylation sites is 1. The Kier molecular flexibility index (Phi) is 10.6. The second kappa shape index (κ2) is 13.1. The summed E-state index contributed by atoms with van der Waals surface area (Å²) in [6.45, 7) is 2.64. The summed E-state index contributed by atoms with van der Waals surface area (Å²) in [6, 6.07) is 13.7. The molecule has 0 aromatic heterocycles. The number of halogens is 1. The number of methoxy groups -OCH3 is 1. The fraction of sp³-hybridized carbons (Fsp3) is 0.417. The van der Waals surface area contributed by atoms with Gasteiger partial charge < -0.3 is 25.4 Å². The highest BCUT2D eigenvalue weighted by molar-refractivity contribution is 14.0. The molecule has 3 N–H and O–H groups in total. The van der Waals surface area contributed by atoms with Crippen LogP contribution in [0.15, 0.2) is 47.5 Å². The summed E-state index contributed by atoms with van der Waals surface area (Å²) in [7, 11) is 3.41. The Labute approximate surface area is 207 Å². The first-order valence-electron chi connectivity index (χ1n) is 10.7. The highest BCUT2D eigenvalue weighted by atomic mass is 127. The molecule has 0 bridgehead atoms. The van der Waals surface area contributed by atoms with Crippen LogP contribution in [0, 0.1) is 0 Å². The number of rotatable bonds is 8. The van der Waals surface area contributed by atoms with Crippen molar-refractivity contribution < 1.29 is 14.3 Å². The van der Waals surface area contributed by atoms with Crippen molar-refractivity contribution in [2.75, 3.05) is 19.5 Å². The van der Waals surface area contributed by atoms with Crippen molar-refractivity contribution in [3.05, 3.63) is 53.6 Å². The molecule has 1 saturated carbocycles. The summed E-state index contributed by atoms with van der Waals surface area (Å²) in [5.74, 6) is 2.16. The molecule has 2 aromatic carbocycles. The largest absolute Gasteiger partial charge is 0.493 e. The van der Waals surface area contributed by atoms with Gasteiger partial charge in [0.2, 0.25) is 5.91 Å². The summed E-state index contributed by atoms with van der Waals surface area (Å²) < 4.78 is 11.9. The summed E-state index contributed by atoms with van der Waals surface area (Å²) in [5.41, 5.74) is 2.85. The van der Waals surface area contributed by atoms with Crippen molar-refractivity contribution in [1.82, 2.24) is 10.6 Å². The molecule has 0 atom stereocenters. The Balaban J connectivity index is 0.00000363. The SMILES string of the molecule is CN=C(NCc1cccc(NC(C)=O)c1)NCc1cccc(OC)c1OC1CCCC1.I. The van der Waals surface area contributed by atoms with Crippen molar-refractivity contribution in [3.8, 4) is 11.5 Å². The van der Waals surface area contributed by atoms with E-state index in [9.17, 15) is 4.79 Å². The standard InChI is InChI=1S/C24H32N4O3.HI/c1-17(29)28-20-10-6-8-18(14-20)15-26-24(25-2)27-16-19-9-7-13-22(30-3)23(19)31-21-11-4-5-12-21;/h6-10,13-14,21H,4-5,11-12,15-16H2,1-3H3,(H,28,29)(H2,25,26,27);1H. The second-order valence-corrected chi connectivity index (χ2v) is 7.63. The molecule has 7 nitrogen and oxygen atoms in total. The predicted molar refractivity (Wildman–Crippen MR) is 139 cm³/mol. The second-order valence-electron chi connectivity index (χ2n) is 7.63. The minimum atomic E-state index is -0.0866. The maximum absolute atomic E-state index is 11.3. The van der Waals surface area contributed by atoms with Crippen LogP contribution in [-0.4, -0.2) is 32.1 Å². The Morgan fingerprint density at radius 2 is 1.81 bits per heavy atom. The Bertz CT molecular complexity index is 914. The third-order valence-electron chi connectivity index (χ3n) is 5.24. The van der Waals surface area contributed by atoms with E-state index in [4.69, 9.17) is 9.47 Å². The van der Waals surface area contributed by atoms with Crippen LogP contribution in [0.5, 0.6) is 11.5 Å². The van der Waals surface area contributed by atoms with Gasteiger partial charge >= 0.3 is 0 Å². The quantitative estimate of drug-likeness (QED) is 0.256. The molecule has 1 aliphatic rings. The van der Waals surface area contributed by atoms with Crippen LogP contribution < -0.4 is 25.4 Å². The predicted octanol–water partition coefficient (Wildman–Crippen LogP) is 4.46. The molecular formula is C24H33IN4O3. The van der Waals surface area contributed by atoms with Crippen molar-refractivity contribution in [2.45, 2.75) is 51.8 Å². The van der Waals surface area contributed by atoms with Crippen LogP contribution in [-0.2, 0) is 17.9 Å². The van der Waals surface area contributed by atoms with Gasteiger partial charge in [-0.1, -0.05) is 24.3 Å². The zero-order valence-corrected chi connectivity index (χ0v) is 21.3. The molecule has 3 rings (SSSR count). The van der Waals surface area contributed by atoms with E-state index in [0.29, 0.717) is 19.0 Å². The fourth-order valence-corrected chi connectivity index (χ4v) is 3.72. The van der Waals surface area contributed by atoms with Crippen LogP contribution in [0.1, 0.15) is 43.7 Å². The van der Waals surface area contributed by atoms with E-state index in [1.807, 2.05) is 42.5 Å². The van der Waals surface area contributed by atoms with Crippen LogP contribution in [0.25, 0.3) is 0 Å². The summed E-state index contributed by atoms with van der Waals surface area (Å²) in [4.78, 5) is 15.6. The maximum Gasteiger partial charge on any atom is 0.221 e. The van der Waals surface area contributed by atoms with E-state index in [2.05, 4.69) is 20.9 Å². The van der Waals surface area contributed by atoms with Crippen LogP contribution in [0.4, 0.5) is 5.69 Å². The lowest BCUT2D eigenvalue weighted by molar-refractivity contribution is -0.114. The van der Waals surface area contributed by atoms with Gasteiger partial charge in [0, 0.05) is 38.3 Å². The van der Waals surface area contributed by atoms with Gasteiger partial charge in [-0.2, -0.15) is 0 Å². The van der Waals surface area contributed by atoms with Crippen molar-refractivity contribution in [3.63, 3.8) is 0 Å². The molecule has 1 aliphatic carbocycles. The molecule has 174 valence electrons. The molecule has 0 saturated heterocycles. The first-order valence-corrected chi connectivity index (χ1v) is 10.7. The fourth-order valence-electron chi connectivity index (χ4n) is 3.72. The minimum Gasteiger partial charge on any atom is -0.493 e. The van der Waals surface area contributed by atoms with Crippen LogP contribution in [0.2, 0.25) is 0 Å². The van der Waals surface area contributed by atoms with Gasteiger partial charge in [-0.3, -0.25) is 9.79 Å². The first-order chi connectivity index (χ1) is 15.1. The Morgan fingerprint density at radius 1 is 1.09 bits per heavy atom. The normalized spacial score (nSPS) is 13.8. The first kappa shape index (κ1) is 25.8. The Hall–Kier alpha value is -2.49. The van der Waals surface area contributed by atoms with E-state index in [1.54, 1.807) is 14.2 Å². The zero-order valence-electron chi connectivity index (χ0n) is 18.9. The number of benzene rings is 2. The minimum absolute atomic E-state index is 0. The van der Waals surface area contributed by atoms with E-state index in [1.165, 1.54) is 19.8 Å². The van der Waals surface area contributed by atoms with Crippen molar-refractivity contribution in [1.29, 1.82) is 0 Å². The van der Waals surface area contributed by atoms with Gasteiger partial charge in [-0.15, -0.1) is 24.0 Å². The lowest BCUT2D eigenvalue weighted by atomic mass is 10.1. The number of hydrogen-bond donors (Lipinski definition) is 3. The number of hydrogen-bond acceptors (Lipinski definition) is 4. The maximum atomic E-state index is 11.3. The number of anilines is 1. The molecule has 8 heteroatoms. The van der Waals surface area contributed by atoms with E-state index < -0.39 is 0 Å². The molecule has 1 fully saturated rings. The molecule has 0 aliphatic heterocycles. The molecule has 0 unspecified atom stereocenters. The lowest BCUT2D eigenvalue weighted by Gasteiger charge is -2.20. The third-order valence-corrected chi connectivity index (χ3v) is 5.24. The van der Waals surface area contributed by atoms with Crippen molar-refractivity contribution >= 4 is 41.5 Å². The highest BCUT2D eigenvalue weighted by Crippen LogP contribution is 2.34. The number of carbonyl (C=O) groups is 1. The van der Waals surface area contributed by atoms with E-state index in [0.717, 1.165) is 41.2 Å². The average molecular weight is 552 g/mol. The van der Waals surface area contributed by atoms with Crippen molar-refractivity contribution in [2.24, 2.45) is 4.99 Å².